The molecule has 4 rings (SSSR count). The van der Waals surface area contributed by atoms with Crippen molar-refractivity contribution in [3.63, 3.8) is 0 Å². The zero-order chi connectivity index (χ0) is 16.7. The van der Waals surface area contributed by atoms with E-state index in [4.69, 9.17) is 11.6 Å². The van der Waals surface area contributed by atoms with Crippen LogP contribution in [0.1, 0.15) is 20.7 Å². The van der Waals surface area contributed by atoms with Gasteiger partial charge in [-0.2, -0.15) is 0 Å². The van der Waals surface area contributed by atoms with E-state index in [1.807, 2.05) is 36.4 Å². The summed E-state index contributed by atoms with van der Waals surface area (Å²) in [7, 11) is 0. The number of benzene rings is 3. The molecule has 4 heteroatoms. The topological polar surface area (TPSA) is 37.4 Å². The highest BCUT2D eigenvalue weighted by Gasteiger charge is 2.37. The molecule has 0 fully saturated rings. The highest BCUT2D eigenvalue weighted by molar-refractivity contribution is 6.35. The Labute approximate surface area is 144 Å². The minimum atomic E-state index is -0.301. The predicted molar refractivity (Wildman–Crippen MR) is 94.5 cm³/mol. The van der Waals surface area contributed by atoms with Gasteiger partial charge in [-0.25, -0.2) is 4.90 Å². The Morgan fingerprint density at radius 2 is 1.25 bits per heavy atom. The number of carbonyl (C=O) groups is 2. The average molecular weight is 334 g/mol. The molecular formula is C20H12ClNO2. The Bertz CT molecular complexity index is 946. The van der Waals surface area contributed by atoms with Crippen LogP contribution in [0.2, 0.25) is 5.02 Å². The number of carbonyl (C=O) groups excluding carboxylic acids is 2. The summed E-state index contributed by atoms with van der Waals surface area (Å²) in [4.78, 5) is 26.7. The van der Waals surface area contributed by atoms with Gasteiger partial charge in [-0.1, -0.05) is 54.1 Å². The summed E-state index contributed by atoms with van der Waals surface area (Å²) in [5, 5.41) is 0.602. The van der Waals surface area contributed by atoms with Crippen molar-refractivity contribution in [1.82, 2.24) is 0 Å². The quantitative estimate of drug-likeness (QED) is 0.631. The standard InChI is InChI=1S/C20H12ClNO2/c21-14-7-5-6-13(12-14)15-8-3-4-11-18(15)22-19(23)16-9-1-2-10-17(16)20(22)24/h1-12H. The molecule has 2 amide bonds. The number of hydrogen-bond acceptors (Lipinski definition) is 2. The number of nitrogens with zero attached hydrogens (tertiary/aromatic N) is 1. The molecule has 0 aromatic heterocycles. The molecule has 0 spiro atoms. The normalized spacial score (nSPS) is 13.3. The Morgan fingerprint density at radius 3 is 1.88 bits per heavy atom. The maximum Gasteiger partial charge on any atom is 0.266 e. The van der Waals surface area contributed by atoms with Crippen molar-refractivity contribution in [3.8, 4) is 11.1 Å². The number of imide groups is 1. The summed E-state index contributed by atoms with van der Waals surface area (Å²) in [5.41, 5.74) is 3.07. The van der Waals surface area contributed by atoms with Crippen molar-refractivity contribution >= 4 is 29.1 Å². The highest BCUT2D eigenvalue weighted by atomic mass is 35.5. The molecule has 3 aromatic rings. The smallest absolute Gasteiger partial charge is 0.266 e. The van der Waals surface area contributed by atoms with Crippen LogP contribution in [0.25, 0.3) is 11.1 Å². The minimum absolute atomic E-state index is 0.301. The van der Waals surface area contributed by atoms with Crippen molar-refractivity contribution < 1.29 is 9.59 Å². The van der Waals surface area contributed by atoms with E-state index < -0.39 is 0 Å². The third-order valence-corrected chi connectivity index (χ3v) is 4.31. The summed E-state index contributed by atoms with van der Waals surface area (Å²) in [5.74, 6) is -0.602. The van der Waals surface area contributed by atoms with Gasteiger partial charge in [0.1, 0.15) is 0 Å². The number of amides is 2. The Balaban J connectivity index is 1.88. The lowest BCUT2D eigenvalue weighted by molar-refractivity contribution is 0.0926. The second-order valence-electron chi connectivity index (χ2n) is 5.52. The largest absolute Gasteiger partial charge is 0.268 e. The van der Waals surface area contributed by atoms with Crippen molar-refractivity contribution in [1.29, 1.82) is 0 Å². The van der Waals surface area contributed by atoms with Gasteiger partial charge < -0.3 is 0 Å². The van der Waals surface area contributed by atoms with Crippen LogP contribution in [0.4, 0.5) is 5.69 Å². The van der Waals surface area contributed by atoms with Crippen LogP contribution in [0.5, 0.6) is 0 Å². The van der Waals surface area contributed by atoms with Gasteiger partial charge in [0.15, 0.2) is 0 Å². The first-order valence-electron chi connectivity index (χ1n) is 7.49. The van der Waals surface area contributed by atoms with Crippen LogP contribution < -0.4 is 4.90 Å². The lowest BCUT2D eigenvalue weighted by Gasteiger charge is -2.18. The zero-order valence-corrected chi connectivity index (χ0v) is 13.3. The maximum atomic E-state index is 12.7. The van der Waals surface area contributed by atoms with Crippen LogP contribution in [0.15, 0.2) is 72.8 Å². The number of para-hydroxylation sites is 1. The van der Waals surface area contributed by atoms with Crippen molar-refractivity contribution in [2.45, 2.75) is 0 Å². The Kier molecular flexibility index (Phi) is 3.44. The monoisotopic (exact) mass is 333 g/mol. The average Bonchev–Trinajstić information content (AvgIpc) is 2.86. The van der Waals surface area contributed by atoms with Crippen LogP contribution >= 0.6 is 11.6 Å². The summed E-state index contributed by atoms with van der Waals surface area (Å²) in [6.45, 7) is 0. The molecule has 3 aromatic carbocycles. The first kappa shape index (κ1) is 14.7. The summed E-state index contributed by atoms with van der Waals surface area (Å²) in [6.07, 6.45) is 0. The molecule has 0 atom stereocenters. The molecule has 1 heterocycles. The number of fused-ring (bicyclic) bond motifs is 1. The van der Waals surface area contributed by atoms with E-state index in [-0.39, 0.29) is 11.8 Å². The first-order valence-corrected chi connectivity index (χ1v) is 7.87. The molecule has 0 saturated carbocycles. The molecule has 0 radical (unpaired) electrons. The van der Waals surface area contributed by atoms with E-state index in [0.29, 0.717) is 21.8 Å². The molecule has 0 unspecified atom stereocenters. The third-order valence-electron chi connectivity index (χ3n) is 4.07. The van der Waals surface area contributed by atoms with Gasteiger partial charge in [0.2, 0.25) is 0 Å². The number of rotatable bonds is 2. The van der Waals surface area contributed by atoms with Crippen LogP contribution in [0, 0.1) is 0 Å². The van der Waals surface area contributed by atoms with Gasteiger partial charge in [-0.05, 0) is 35.9 Å². The fourth-order valence-corrected chi connectivity index (χ4v) is 3.17. The molecular weight excluding hydrogens is 322 g/mol. The van der Waals surface area contributed by atoms with E-state index in [1.54, 1.807) is 36.4 Å². The molecule has 24 heavy (non-hydrogen) atoms. The fraction of sp³-hybridized carbons (Fsp3) is 0. The minimum Gasteiger partial charge on any atom is -0.268 e. The number of hydrogen-bond donors (Lipinski definition) is 0. The van der Waals surface area contributed by atoms with E-state index in [0.717, 1.165) is 11.1 Å². The second kappa shape index (κ2) is 5.62. The summed E-state index contributed by atoms with van der Waals surface area (Å²) >= 11 is 6.09. The van der Waals surface area contributed by atoms with E-state index in [1.165, 1.54) is 4.90 Å². The maximum absolute atomic E-state index is 12.7. The molecule has 1 aliphatic rings. The van der Waals surface area contributed by atoms with E-state index >= 15 is 0 Å². The molecule has 0 bridgehead atoms. The van der Waals surface area contributed by atoms with Gasteiger partial charge in [0, 0.05) is 10.6 Å². The summed E-state index contributed by atoms with van der Waals surface area (Å²) < 4.78 is 0. The summed E-state index contributed by atoms with van der Waals surface area (Å²) in [6, 6.07) is 21.6. The molecule has 3 nitrogen and oxygen atoms in total. The highest BCUT2D eigenvalue weighted by Crippen LogP contribution is 2.36. The second-order valence-corrected chi connectivity index (χ2v) is 5.96. The lowest BCUT2D eigenvalue weighted by atomic mass is 10.0. The predicted octanol–water partition coefficient (Wildman–Crippen LogP) is 4.81. The Morgan fingerprint density at radius 1 is 0.667 bits per heavy atom. The van der Waals surface area contributed by atoms with E-state index in [2.05, 4.69) is 0 Å². The van der Waals surface area contributed by atoms with Crippen LogP contribution in [0.3, 0.4) is 0 Å². The molecule has 116 valence electrons. The molecule has 0 aliphatic carbocycles. The van der Waals surface area contributed by atoms with Crippen LogP contribution in [-0.2, 0) is 0 Å². The van der Waals surface area contributed by atoms with Crippen molar-refractivity contribution in [2.24, 2.45) is 0 Å². The first-order chi connectivity index (χ1) is 11.7. The number of halogens is 1. The van der Waals surface area contributed by atoms with Gasteiger partial charge in [0.05, 0.1) is 16.8 Å². The molecule has 1 aliphatic heterocycles. The number of anilines is 1. The SMILES string of the molecule is O=C1c2ccccc2C(=O)N1c1ccccc1-c1cccc(Cl)c1. The molecule has 0 N–H and O–H groups in total. The Hall–Kier alpha value is -2.91. The van der Waals surface area contributed by atoms with Gasteiger partial charge in [-0.15, -0.1) is 0 Å². The zero-order valence-electron chi connectivity index (χ0n) is 12.6. The van der Waals surface area contributed by atoms with Crippen molar-refractivity contribution in [3.05, 3.63) is 88.9 Å². The third kappa shape index (κ3) is 2.22. The van der Waals surface area contributed by atoms with E-state index in [9.17, 15) is 9.59 Å². The van der Waals surface area contributed by atoms with Gasteiger partial charge >= 0.3 is 0 Å². The van der Waals surface area contributed by atoms with Crippen molar-refractivity contribution in [2.75, 3.05) is 4.90 Å². The lowest BCUT2D eigenvalue weighted by Crippen LogP contribution is -2.29. The van der Waals surface area contributed by atoms with Gasteiger partial charge in [-0.3, -0.25) is 9.59 Å². The van der Waals surface area contributed by atoms with Crippen LogP contribution in [-0.4, -0.2) is 11.8 Å². The fourth-order valence-electron chi connectivity index (χ4n) is 2.98. The van der Waals surface area contributed by atoms with Gasteiger partial charge in [0.25, 0.3) is 11.8 Å². The molecule has 0 saturated heterocycles.